The third-order valence-corrected chi connectivity index (χ3v) is 4.97. The first-order chi connectivity index (χ1) is 13.5. The molecular weight excluding hydrogens is 348 g/mol. The van der Waals surface area contributed by atoms with Crippen LogP contribution in [0, 0.1) is 0 Å². The van der Waals surface area contributed by atoms with Gasteiger partial charge in [0, 0.05) is 29.7 Å². The molecule has 0 atom stereocenters. The highest BCUT2D eigenvalue weighted by atomic mass is 16.5. The van der Waals surface area contributed by atoms with Crippen LogP contribution in [0.25, 0.3) is 10.9 Å². The molecule has 5 nitrogen and oxygen atoms in total. The Balaban J connectivity index is 1.88. The van der Waals surface area contributed by atoms with E-state index >= 15 is 0 Å². The van der Waals surface area contributed by atoms with Gasteiger partial charge in [-0.05, 0) is 71.4 Å². The van der Waals surface area contributed by atoms with Gasteiger partial charge in [0.1, 0.15) is 5.75 Å². The van der Waals surface area contributed by atoms with Crippen LogP contribution in [-0.2, 0) is 0 Å². The Morgan fingerprint density at radius 3 is 2.54 bits per heavy atom. The number of methoxy groups -OCH3 is 1. The number of pyridine rings is 1. The lowest BCUT2D eigenvalue weighted by atomic mass is 10.0. The third-order valence-electron chi connectivity index (χ3n) is 4.97. The van der Waals surface area contributed by atoms with Crippen LogP contribution in [0.3, 0.4) is 0 Å². The quantitative estimate of drug-likeness (QED) is 0.495. The van der Waals surface area contributed by atoms with Crippen LogP contribution < -0.4 is 15.4 Å². The van der Waals surface area contributed by atoms with E-state index in [4.69, 9.17) is 4.74 Å². The predicted molar refractivity (Wildman–Crippen MR) is 121 cm³/mol. The molecule has 0 spiro atoms. The topological polar surface area (TPSA) is 49.4 Å². The van der Waals surface area contributed by atoms with Crippen LogP contribution in [0.2, 0.25) is 0 Å². The average molecular weight is 387 g/mol. The summed E-state index contributed by atoms with van der Waals surface area (Å²) in [5, 5.41) is 8.37. The largest absolute Gasteiger partial charge is 0.497 e. The Kier molecular flexibility index (Phi) is 9.00. The lowest BCUT2D eigenvalue weighted by molar-refractivity contribution is 0.265. The molecule has 0 aliphatic carbocycles. The number of hydrogen-bond donors (Lipinski definition) is 2. The molecule has 0 saturated heterocycles. The summed E-state index contributed by atoms with van der Waals surface area (Å²) in [6, 6.07) is 8.07. The van der Waals surface area contributed by atoms with Gasteiger partial charge in [-0.25, -0.2) is 0 Å². The average Bonchev–Trinajstić information content (AvgIpc) is 2.69. The molecule has 2 rings (SSSR count). The zero-order valence-electron chi connectivity index (χ0n) is 18.3. The summed E-state index contributed by atoms with van der Waals surface area (Å²) in [7, 11) is 1.70. The SMILES string of the molecule is CCCN(CCC)CCCNC(C)(C)CNc1cc(OC)cc2cccnc12. The second kappa shape index (κ2) is 11.2. The number of nitrogens with one attached hydrogen (secondary N) is 2. The predicted octanol–water partition coefficient (Wildman–Crippen LogP) is 4.54. The number of ether oxygens (including phenoxy) is 1. The first kappa shape index (κ1) is 22.4. The number of fused-ring (bicyclic) bond motifs is 1. The van der Waals surface area contributed by atoms with Crippen molar-refractivity contribution in [3.63, 3.8) is 0 Å². The van der Waals surface area contributed by atoms with Gasteiger partial charge in [0.2, 0.25) is 0 Å². The number of anilines is 1. The fourth-order valence-electron chi connectivity index (χ4n) is 3.49. The molecule has 0 saturated carbocycles. The van der Waals surface area contributed by atoms with E-state index in [1.807, 2.05) is 24.4 Å². The van der Waals surface area contributed by atoms with Gasteiger partial charge in [0.15, 0.2) is 0 Å². The molecule has 0 amide bonds. The van der Waals surface area contributed by atoms with Crippen molar-refractivity contribution in [3.8, 4) is 5.75 Å². The van der Waals surface area contributed by atoms with Crippen molar-refractivity contribution in [1.29, 1.82) is 0 Å². The van der Waals surface area contributed by atoms with E-state index in [9.17, 15) is 0 Å². The molecule has 0 radical (unpaired) electrons. The van der Waals surface area contributed by atoms with Crippen molar-refractivity contribution in [2.24, 2.45) is 0 Å². The molecule has 2 N–H and O–H groups in total. The van der Waals surface area contributed by atoms with E-state index in [1.54, 1.807) is 7.11 Å². The first-order valence-electron chi connectivity index (χ1n) is 10.6. The number of hydrogen-bond acceptors (Lipinski definition) is 5. The van der Waals surface area contributed by atoms with E-state index in [2.05, 4.69) is 54.3 Å². The summed E-state index contributed by atoms with van der Waals surface area (Å²) >= 11 is 0. The summed E-state index contributed by atoms with van der Waals surface area (Å²) in [6.45, 7) is 14.4. The van der Waals surface area contributed by atoms with Crippen LogP contribution in [0.5, 0.6) is 5.75 Å². The van der Waals surface area contributed by atoms with Gasteiger partial charge in [-0.2, -0.15) is 0 Å². The van der Waals surface area contributed by atoms with Crippen LogP contribution in [0.15, 0.2) is 30.5 Å². The van der Waals surface area contributed by atoms with Crippen molar-refractivity contribution >= 4 is 16.6 Å². The fraction of sp³-hybridized carbons (Fsp3) is 0.609. The summed E-state index contributed by atoms with van der Waals surface area (Å²) in [4.78, 5) is 7.11. The minimum Gasteiger partial charge on any atom is -0.497 e. The zero-order valence-corrected chi connectivity index (χ0v) is 18.3. The lowest BCUT2D eigenvalue weighted by Crippen LogP contribution is -2.46. The summed E-state index contributed by atoms with van der Waals surface area (Å²) < 4.78 is 5.45. The molecule has 2 aromatic rings. The summed E-state index contributed by atoms with van der Waals surface area (Å²) in [6.07, 6.45) is 5.46. The Morgan fingerprint density at radius 2 is 1.86 bits per heavy atom. The van der Waals surface area contributed by atoms with Gasteiger partial charge in [-0.3, -0.25) is 4.98 Å². The van der Waals surface area contributed by atoms with E-state index in [-0.39, 0.29) is 5.54 Å². The fourth-order valence-corrected chi connectivity index (χ4v) is 3.49. The van der Waals surface area contributed by atoms with E-state index < -0.39 is 0 Å². The maximum atomic E-state index is 5.45. The van der Waals surface area contributed by atoms with Crippen molar-refractivity contribution in [2.75, 3.05) is 45.2 Å². The third kappa shape index (κ3) is 6.95. The number of benzene rings is 1. The van der Waals surface area contributed by atoms with Crippen molar-refractivity contribution in [2.45, 2.75) is 52.5 Å². The highest BCUT2D eigenvalue weighted by molar-refractivity contribution is 5.91. The number of nitrogens with zero attached hydrogens (tertiary/aromatic N) is 2. The lowest BCUT2D eigenvalue weighted by Gasteiger charge is -2.28. The van der Waals surface area contributed by atoms with Crippen molar-refractivity contribution in [3.05, 3.63) is 30.5 Å². The van der Waals surface area contributed by atoms with Crippen LogP contribution in [0.1, 0.15) is 47.0 Å². The van der Waals surface area contributed by atoms with Crippen LogP contribution >= 0.6 is 0 Å². The molecule has 0 aliphatic heterocycles. The van der Waals surface area contributed by atoms with Gasteiger partial charge < -0.3 is 20.3 Å². The van der Waals surface area contributed by atoms with Crippen molar-refractivity contribution in [1.82, 2.24) is 15.2 Å². The second-order valence-electron chi connectivity index (χ2n) is 8.11. The van der Waals surface area contributed by atoms with Gasteiger partial charge in [0.05, 0.1) is 18.3 Å². The van der Waals surface area contributed by atoms with Crippen LogP contribution in [-0.4, -0.2) is 55.3 Å². The minimum atomic E-state index is -0.00940. The maximum absolute atomic E-state index is 5.45. The highest BCUT2D eigenvalue weighted by Gasteiger charge is 2.17. The second-order valence-corrected chi connectivity index (χ2v) is 8.11. The Bertz CT molecular complexity index is 711. The van der Waals surface area contributed by atoms with E-state index in [1.165, 1.54) is 38.9 Å². The number of rotatable bonds is 13. The molecule has 1 heterocycles. The maximum Gasteiger partial charge on any atom is 0.121 e. The molecule has 156 valence electrons. The van der Waals surface area contributed by atoms with Gasteiger partial charge in [0.25, 0.3) is 0 Å². The normalized spacial score (nSPS) is 11.9. The Morgan fingerprint density at radius 1 is 1.11 bits per heavy atom. The molecule has 0 fully saturated rings. The van der Waals surface area contributed by atoms with Gasteiger partial charge in [-0.15, -0.1) is 0 Å². The minimum absolute atomic E-state index is 0.00940. The van der Waals surface area contributed by atoms with Crippen molar-refractivity contribution < 1.29 is 4.74 Å². The zero-order chi connectivity index (χ0) is 20.4. The summed E-state index contributed by atoms with van der Waals surface area (Å²) in [5.74, 6) is 0.848. The molecule has 0 unspecified atom stereocenters. The number of aromatic nitrogens is 1. The molecule has 1 aromatic heterocycles. The molecule has 28 heavy (non-hydrogen) atoms. The molecule has 0 aliphatic rings. The summed E-state index contributed by atoms with van der Waals surface area (Å²) in [5.41, 5.74) is 1.99. The molecule has 0 bridgehead atoms. The monoisotopic (exact) mass is 386 g/mol. The molecule has 5 heteroatoms. The van der Waals surface area contributed by atoms with E-state index in [0.717, 1.165) is 35.4 Å². The first-order valence-corrected chi connectivity index (χ1v) is 10.6. The highest BCUT2D eigenvalue weighted by Crippen LogP contribution is 2.28. The molecule has 1 aromatic carbocycles. The smallest absolute Gasteiger partial charge is 0.121 e. The van der Waals surface area contributed by atoms with Gasteiger partial charge >= 0.3 is 0 Å². The molecular formula is C23H38N4O. The van der Waals surface area contributed by atoms with Gasteiger partial charge in [-0.1, -0.05) is 19.9 Å². The standard InChI is InChI=1S/C23H38N4O/c1-6-13-27(14-7-2)15-9-12-26-23(3,4)18-25-21-17-20(28-5)16-19-10-8-11-24-22(19)21/h8,10-11,16-17,25-26H,6-7,9,12-15,18H2,1-5H3. The van der Waals surface area contributed by atoms with E-state index in [0.29, 0.717) is 0 Å². The van der Waals surface area contributed by atoms with Crippen LogP contribution in [0.4, 0.5) is 5.69 Å². The Hall–Kier alpha value is -1.85. The Labute approximate surface area is 170 Å².